The lowest BCUT2D eigenvalue weighted by Gasteiger charge is -1.98. The molecule has 0 saturated heterocycles. The first-order chi connectivity index (χ1) is 5.24. The van der Waals surface area contributed by atoms with Crippen molar-refractivity contribution >= 4 is 5.95 Å². The maximum Gasteiger partial charge on any atom is 0.288 e. The Labute approximate surface area is 62.5 Å². The lowest BCUT2D eigenvalue weighted by atomic mass is 10.6. The maximum absolute atomic E-state index is 12.3. The summed E-state index contributed by atoms with van der Waals surface area (Å²) >= 11 is 0. The van der Waals surface area contributed by atoms with E-state index in [1.54, 1.807) is 0 Å². The van der Waals surface area contributed by atoms with Crippen molar-refractivity contribution < 1.29 is 4.39 Å². The number of nitrogens with one attached hydrogen (secondary N) is 2. The van der Waals surface area contributed by atoms with Crippen molar-refractivity contribution in [3.63, 3.8) is 0 Å². The Bertz CT molecular complexity index is 296. The van der Waals surface area contributed by atoms with Crippen molar-refractivity contribution in [2.75, 3.05) is 11.9 Å². The van der Waals surface area contributed by atoms with Crippen LogP contribution in [-0.4, -0.2) is 16.5 Å². The smallest absolute Gasteiger partial charge is 0.288 e. The molecule has 0 saturated carbocycles. The fourth-order valence-electron chi connectivity index (χ4n) is 0.637. The van der Waals surface area contributed by atoms with E-state index in [2.05, 4.69) is 15.3 Å². The summed E-state index contributed by atoms with van der Waals surface area (Å²) in [6, 6.07) is 0. The molecule has 0 aromatic carbocycles. The summed E-state index contributed by atoms with van der Waals surface area (Å²) < 4.78 is 12.3. The van der Waals surface area contributed by atoms with Crippen molar-refractivity contribution in [1.82, 2.24) is 9.97 Å². The fourth-order valence-corrected chi connectivity index (χ4v) is 0.637. The van der Waals surface area contributed by atoms with Gasteiger partial charge in [0.2, 0.25) is 11.8 Å². The quantitative estimate of drug-likeness (QED) is 0.650. The summed E-state index contributed by atoms with van der Waals surface area (Å²) in [5, 5.41) is 2.74. The number of aromatic nitrogens is 2. The summed E-state index contributed by atoms with van der Waals surface area (Å²) in [5.41, 5.74) is -0.754. The van der Waals surface area contributed by atoms with E-state index in [1.165, 1.54) is 0 Å². The van der Waals surface area contributed by atoms with Gasteiger partial charge in [0, 0.05) is 6.54 Å². The Kier molecular flexibility index (Phi) is 2.20. The van der Waals surface area contributed by atoms with Gasteiger partial charge in [-0.05, 0) is 6.92 Å². The molecule has 0 unspecified atom stereocenters. The zero-order chi connectivity index (χ0) is 8.27. The zero-order valence-corrected chi connectivity index (χ0v) is 6.02. The lowest BCUT2D eigenvalue weighted by molar-refractivity contribution is 0.601. The first-order valence-electron chi connectivity index (χ1n) is 3.22. The summed E-state index contributed by atoms with van der Waals surface area (Å²) in [4.78, 5) is 16.4. The van der Waals surface area contributed by atoms with Gasteiger partial charge in [-0.15, -0.1) is 0 Å². The molecule has 0 fully saturated rings. The molecule has 1 rings (SSSR count). The molecule has 0 aliphatic carbocycles. The lowest BCUT2D eigenvalue weighted by Crippen LogP contribution is -2.15. The van der Waals surface area contributed by atoms with Crippen LogP contribution in [0.5, 0.6) is 0 Å². The predicted octanol–water partition coefficient (Wildman–Crippen LogP) is 0.341. The molecule has 5 heteroatoms. The van der Waals surface area contributed by atoms with Gasteiger partial charge in [-0.3, -0.25) is 9.78 Å². The van der Waals surface area contributed by atoms with Crippen LogP contribution < -0.4 is 10.9 Å². The molecule has 60 valence electrons. The fraction of sp³-hybridized carbons (Fsp3) is 0.333. The van der Waals surface area contributed by atoms with Crippen LogP contribution in [0, 0.1) is 5.82 Å². The van der Waals surface area contributed by atoms with Crippen LogP contribution in [0.2, 0.25) is 0 Å². The van der Waals surface area contributed by atoms with E-state index in [-0.39, 0.29) is 0 Å². The average Bonchev–Trinajstić information content (AvgIpc) is 1.98. The molecule has 0 atom stereocenters. The highest BCUT2D eigenvalue weighted by Crippen LogP contribution is 1.91. The monoisotopic (exact) mass is 157 g/mol. The topological polar surface area (TPSA) is 57.8 Å². The molecule has 0 amide bonds. The molecule has 1 heterocycles. The number of aromatic amines is 1. The van der Waals surface area contributed by atoms with Crippen LogP contribution in [0.25, 0.3) is 0 Å². The second kappa shape index (κ2) is 3.14. The van der Waals surface area contributed by atoms with Gasteiger partial charge < -0.3 is 5.32 Å². The van der Waals surface area contributed by atoms with Crippen LogP contribution in [0.1, 0.15) is 6.92 Å². The molecule has 0 aliphatic rings. The Morgan fingerprint density at radius 1 is 1.82 bits per heavy atom. The number of anilines is 1. The van der Waals surface area contributed by atoms with Gasteiger partial charge >= 0.3 is 0 Å². The second-order valence-electron chi connectivity index (χ2n) is 1.94. The normalized spacial score (nSPS) is 9.64. The van der Waals surface area contributed by atoms with Crippen molar-refractivity contribution in [3.8, 4) is 0 Å². The molecular weight excluding hydrogens is 149 g/mol. The molecule has 0 spiro atoms. The van der Waals surface area contributed by atoms with Crippen LogP contribution in [-0.2, 0) is 0 Å². The highest BCUT2D eigenvalue weighted by molar-refractivity contribution is 5.21. The highest BCUT2D eigenvalue weighted by atomic mass is 19.1. The van der Waals surface area contributed by atoms with E-state index >= 15 is 0 Å². The van der Waals surface area contributed by atoms with E-state index in [1.807, 2.05) is 6.92 Å². The van der Waals surface area contributed by atoms with Gasteiger partial charge in [-0.1, -0.05) is 0 Å². The molecule has 0 aliphatic heterocycles. The van der Waals surface area contributed by atoms with Crippen LogP contribution in [0.4, 0.5) is 10.3 Å². The Morgan fingerprint density at radius 2 is 2.55 bits per heavy atom. The SMILES string of the molecule is CCNc1ncc(F)c(=O)[nH]1. The van der Waals surface area contributed by atoms with E-state index in [0.29, 0.717) is 12.5 Å². The largest absolute Gasteiger partial charge is 0.356 e. The molecule has 1 aromatic rings. The minimum atomic E-state index is -0.869. The van der Waals surface area contributed by atoms with E-state index < -0.39 is 11.4 Å². The van der Waals surface area contributed by atoms with Crippen molar-refractivity contribution in [3.05, 3.63) is 22.4 Å². The number of halogens is 1. The molecule has 2 N–H and O–H groups in total. The molecule has 0 radical (unpaired) electrons. The second-order valence-corrected chi connectivity index (χ2v) is 1.94. The average molecular weight is 157 g/mol. The van der Waals surface area contributed by atoms with Crippen molar-refractivity contribution in [2.45, 2.75) is 6.92 Å². The number of hydrogen-bond donors (Lipinski definition) is 2. The Hall–Kier alpha value is -1.39. The van der Waals surface area contributed by atoms with Gasteiger partial charge in [0.15, 0.2) is 0 Å². The predicted molar refractivity (Wildman–Crippen MR) is 39.0 cm³/mol. The van der Waals surface area contributed by atoms with Crippen LogP contribution in [0.3, 0.4) is 0 Å². The van der Waals surface area contributed by atoms with Gasteiger partial charge in [0.05, 0.1) is 6.20 Å². The zero-order valence-electron chi connectivity index (χ0n) is 6.02. The van der Waals surface area contributed by atoms with Gasteiger partial charge in [0.25, 0.3) is 5.56 Å². The first-order valence-corrected chi connectivity index (χ1v) is 3.22. The molecular formula is C6H8FN3O. The summed E-state index contributed by atoms with van der Waals surface area (Å²) in [7, 11) is 0. The van der Waals surface area contributed by atoms with Crippen LogP contribution in [0.15, 0.2) is 11.0 Å². The minimum Gasteiger partial charge on any atom is -0.356 e. The van der Waals surface area contributed by atoms with Gasteiger partial charge in [0.1, 0.15) is 0 Å². The molecule has 4 nitrogen and oxygen atoms in total. The first kappa shape index (κ1) is 7.71. The maximum atomic E-state index is 12.3. The standard InChI is InChI=1S/C6H8FN3O/c1-2-8-6-9-3-4(7)5(11)10-6/h3H,2H2,1H3,(H2,8,9,10,11). The van der Waals surface area contributed by atoms with Crippen molar-refractivity contribution in [1.29, 1.82) is 0 Å². The van der Waals surface area contributed by atoms with Gasteiger partial charge in [-0.2, -0.15) is 4.39 Å². The summed E-state index contributed by atoms with van der Waals surface area (Å²) in [6.07, 6.45) is 0.886. The third kappa shape index (κ3) is 1.76. The number of hydrogen-bond acceptors (Lipinski definition) is 3. The third-order valence-electron chi connectivity index (χ3n) is 1.10. The minimum absolute atomic E-state index is 0.291. The highest BCUT2D eigenvalue weighted by Gasteiger charge is 1.98. The number of H-pyrrole nitrogens is 1. The van der Waals surface area contributed by atoms with Crippen LogP contribution >= 0.6 is 0 Å². The summed E-state index contributed by atoms with van der Waals surface area (Å²) in [6.45, 7) is 2.48. The molecule has 1 aromatic heterocycles. The number of nitrogens with zero attached hydrogens (tertiary/aromatic N) is 1. The van der Waals surface area contributed by atoms with Crippen molar-refractivity contribution in [2.24, 2.45) is 0 Å². The molecule has 11 heavy (non-hydrogen) atoms. The molecule has 0 bridgehead atoms. The van der Waals surface area contributed by atoms with E-state index in [0.717, 1.165) is 6.20 Å². The van der Waals surface area contributed by atoms with E-state index in [9.17, 15) is 9.18 Å². The van der Waals surface area contributed by atoms with E-state index in [4.69, 9.17) is 0 Å². The number of rotatable bonds is 2. The Balaban J connectivity index is 2.96. The summed E-state index contributed by atoms with van der Waals surface area (Å²) in [5.74, 6) is -0.578. The van der Waals surface area contributed by atoms with Gasteiger partial charge in [-0.25, -0.2) is 4.98 Å². The third-order valence-corrected chi connectivity index (χ3v) is 1.10. The Morgan fingerprint density at radius 3 is 3.09 bits per heavy atom.